The van der Waals surface area contributed by atoms with Gasteiger partial charge >= 0.3 is 0 Å². The highest BCUT2D eigenvalue weighted by molar-refractivity contribution is 6.36. The van der Waals surface area contributed by atoms with Gasteiger partial charge in [0.1, 0.15) is 28.8 Å². The number of unbranched alkanes of at least 4 members (excludes halogenated alkanes) is 1. The molecule has 1 unspecified atom stereocenters. The molecule has 0 radical (unpaired) electrons. The lowest BCUT2D eigenvalue weighted by Crippen LogP contribution is -2.31. The van der Waals surface area contributed by atoms with Gasteiger partial charge < -0.3 is 19.4 Å². The van der Waals surface area contributed by atoms with E-state index in [0.717, 1.165) is 60.6 Å². The number of aromatic nitrogens is 2. The average molecular weight is 808 g/mol. The lowest BCUT2D eigenvalue weighted by Gasteiger charge is -2.27. The van der Waals surface area contributed by atoms with E-state index in [1.54, 1.807) is 60.7 Å². The molecule has 0 saturated heterocycles. The number of Topliss-reactive ketones (excluding diaryl/α,β-unsaturated/α-hetero) is 1. The number of hydrogen-bond donors (Lipinski definition) is 1. The number of ether oxygens (including phenoxy) is 2. The lowest BCUT2D eigenvalue weighted by atomic mass is 9.89. The highest BCUT2D eigenvalue weighted by Crippen LogP contribution is 2.35. The summed E-state index contributed by atoms with van der Waals surface area (Å²) >= 11 is 24.6. The quantitative estimate of drug-likeness (QED) is 0.125. The first-order valence-corrected chi connectivity index (χ1v) is 18.7. The molecule has 0 fully saturated rings. The molecular formula is C42H36Cl5N3O3. The van der Waals surface area contributed by atoms with Gasteiger partial charge in [-0.15, -0.1) is 12.4 Å². The zero-order valence-corrected chi connectivity index (χ0v) is 32.6. The maximum Gasteiger partial charge on any atom is 0.164 e. The van der Waals surface area contributed by atoms with E-state index in [2.05, 4.69) is 41.2 Å². The van der Waals surface area contributed by atoms with Crippen LogP contribution < -0.4 is 14.8 Å². The number of carbonyl (C=O) groups excluding carboxylic acids is 1. The Labute approximate surface area is 335 Å². The van der Waals surface area contributed by atoms with Crippen molar-refractivity contribution >= 4 is 64.6 Å². The van der Waals surface area contributed by atoms with Crippen molar-refractivity contribution in [2.75, 3.05) is 6.54 Å². The third-order valence-electron chi connectivity index (χ3n) is 9.06. The Hall–Kier alpha value is -4.01. The number of benzene rings is 5. The van der Waals surface area contributed by atoms with Crippen LogP contribution in [0.1, 0.15) is 59.5 Å². The summed E-state index contributed by atoms with van der Waals surface area (Å²) in [6.07, 6.45) is 6.23. The number of ketones is 1. The third kappa shape index (κ3) is 9.21. The number of hydrogen-bond acceptors (Lipinski definition) is 5. The van der Waals surface area contributed by atoms with Gasteiger partial charge in [-0.1, -0.05) is 65.8 Å². The van der Waals surface area contributed by atoms with Crippen molar-refractivity contribution in [3.63, 3.8) is 0 Å². The van der Waals surface area contributed by atoms with Crippen molar-refractivity contribution in [2.24, 2.45) is 0 Å². The van der Waals surface area contributed by atoms with Crippen molar-refractivity contribution in [3.05, 3.63) is 152 Å². The topological polar surface area (TPSA) is 65.4 Å². The van der Waals surface area contributed by atoms with E-state index < -0.39 is 0 Å². The zero-order valence-electron chi connectivity index (χ0n) is 28.8. The summed E-state index contributed by atoms with van der Waals surface area (Å²) in [4.78, 5) is 18.7. The lowest BCUT2D eigenvalue weighted by molar-refractivity contribution is 0.0967. The molecular weight excluding hydrogens is 772 g/mol. The van der Waals surface area contributed by atoms with Gasteiger partial charge in [-0.2, -0.15) is 0 Å². The van der Waals surface area contributed by atoms with Crippen molar-refractivity contribution in [3.8, 4) is 39.9 Å². The highest BCUT2D eigenvalue weighted by atomic mass is 35.5. The van der Waals surface area contributed by atoms with Crippen LogP contribution in [0.2, 0.25) is 20.1 Å². The minimum Gasteiger partial charge on any atom is -0.456 e. The molecule has 53 heavy (non-hydrogen) atoms. The molecule has 272 valence electrons. The van der Waals surface area contributed by atoms with Crippen LogP contribution in [0.4, 0.5) is 0 Å². The molecule has 0 spiro atoms. The number of carbonyl (C=O) groups is 1. The minimum absolute atomic E-state index is 0. The van der Waals surface area contributed by atoms with E-state index in [0.29, 0.717) is 55.1 Å². The summed E-state index contributed by atoms with van der Waals surface area (Å²) in [6.45, 7) is 2.99. The molecule has 1 atom stereocenters. The number of fused-ring (bicyclic) bond motifs is 1. The molecule has 2 heterocycles. The van der Waals surface area contributed by atoms with Gasteiger partial charge in [-0.05, 0) is 128 Å². The molecule has 1 N–H and O–H groups in total. The fourth-order valence-electron chi connectivity index (χ4n) is 6.33. The molecule has 6 nitrogen and oxygen atoms in total. The molecule has 11 heteroatoms. The van der Waals surface area contributed by atoms with Crippen molar-refractivity contribution in [1.29, 1.82) is 0 Å². The molecule has 0 aliphatic carbocycles. The number of halogens is 5. The smallest absolute Gasteiger partial charge is 0.164 e. The minimum atomic E-state index is -0.122. The van der Waals surface area contributed by atoms with E-state index >= 15 is 0 Å². The van der Waals surface area contributed by atoms with Crippen LogP contribution in [-0.2, 0) is 12.8 Å². The first-order valence-electron chi connectivity index (χ1n) is 17.2. The van der Waals surface area contributed by atoms with Crippen LogP contribution in [-0.4, -0.2) is 21.9 Å². The predicted molar refractivity (Wildman–Crippen MR) is 218 cm³/mol. The first kappa shape index (κ1) is 38.7. The Morgan fingerprint density at radius 3 is 2.04 bits per heavy atom. The fraction of sp³-hybridized carbons (Fsp3) is 0.190. The number of rotatable bonds is 12. The molecule has 1 aliphatic rings. The maximum absolute atomic E-state index is 13.6. The number of imidazole rings is 1. The van der Waals surface area contributed by atoms with Crippen molar-refractivity contribution in [2.45, 2.75) is 45.1 Å². The third-order valence-corrected chi connectivity index (χ3v) is 10.1. The van der Waals surface area contributed by atoms with Gasteiger partial charge in [-0.3, -0.25) is 4.79 Å². The summed E-state index contributed by atoms with van der Waals surface area (Å²) in [5, 5.41) is 5.54. The van der Waals surface area contributed by atoms with Gasteiger partial charge in [-0.25, -0.2) is 4.98 Å². The number of nitrogens with one attached hydrogen (secondary N) is 1. The Bertz CT molecular complexity index is 2220. The Morgan fingerprint density at radius 2 is 1.43 bits per heavy atom. The molecule has 0 saturated carbocycles. The summed E-state index contributed by atoms with van der Waals surface area (Å²) in [7, 11) is 0. The van der Waals surface area contributed by atoms with Crippen LogP contribution in [0.15, 0.2) is 109 Å². The van der Waals surface area contributed by atoms with Gasteiger partial charge in [0.05, 0.1) is 15.7 Å². The molecule has 6 aromatic rings. The van der Waals surface area contributed by atoms with Gasteiger partial charge in [0.25, 0.3) is 0 Å². The molecule has 7 rings (SSSR count). The standard InChI is InChI=1S/C42H35Cl4N3O3.ClH/c1-2-3-4-42-48-38(27-6-13-32(14-7-27)51-40-17-10-29(43)21-35(40)45)25-49(42)31-12-5-26-19-20-47-37(34(26)23-31)24-39(50)28-8-15-33(16-9-28)52-41-18-11-30(44)22-36(41)46;/h5-18,21-23,25,37,47H,2-4,19-20,24H2,1H3;1H. The number of aryl methyl sites for hydroxylation is 1. The van der Waals surface area contributed by atoms with Crippen molar-refractivity contribution < 1.29 is 14.3 Å². The van der Waals surface area contributed by atoms with Crippen LogP contribution >= 0.6 is 58.8 Å². The van der Waals surface area contributed by atoms with E-state index in [-0.39, 0.29) is 24.2 Å². The Morgan fingerprint density at radius 1 is 0.811 bits per heavy atom. The predicted octanol–water partition coefficient (Wildman–Crippen LogP) is 13.0. The SMILES string of the molecule is CCCCc1nc(-c2ccc(Oc3ccc(Cl)cc3Cl)cc2)cn1-c1ccc2c(c1)C(CC(=O)c1ccc(Oc3ccc(Cl)cc3Cl)cc1)NCC2.Cl. The van der Waals surface area contributed by atoms with E-state index in [4.69, 9.17) is 60.9 Å². The van der Waals surface area contributed by atoms with Crippen LogP contribution in [0.3, 0.4) is 0 Å². The van der Waals surface area contributed by atoms with E-state index in [1.807, 2.05) is 24.3 Å². The maximum atomic E-state index is 13.6. The zero-order chi connectivity index (χ0) is 36.2. The Balaban J connectivity index is 0.00000481. The second-order valence-corrected chi connectivity index (χ2v) is 14.4. The van der Waals surface area contributed by atoms with E-state index in [1.165, 1.54) is 5.56 Å². The monoisotopic (exact) mass is 805 g/mol. The summed E-state index contributed by atoms with van der Waals surface area (Å²) in [5.41, 5.74) is 5.86. The van der Waals surface area contributed by atoms with E-state index in [9.17, 15) is 4.79 Å². The highest BCUT2D eigenvalue weighted by Gasteiger charge is 2.24. The molecule has 0 bridgehead atoms. The van der Waals surface area contributed by atoms with Gasteiger partial charge in [0.15, 0.2) is 5.78 Å². The largest absolute Gasteiger partial charge is 0.456 e. The second kappa shape index (κ2) is 17.4. The summed E-state index contributed by atoms with van der Waals surface area (Å²) in [5.74, 6) is 3.31. The summed E-state index contributed by atoms with van der Waals surface area (Å²) in [6, 6.07) is 31.6. The fourth-order valence-corrected chi connectivity index (χ4v) is 7.22. The normalized spacial score (nSPS) is 13.6. The van der Waals surface area contributed by atoms with Gasteiger partial charge in [0, 0.05) is 51.9 Å². The second-order valence-electron chi connectivity index (χ2n) is 12.7. The van der Waals surface area contributed by atoms with Gasteiger partial charge in [0.2, 0.25) is 0 Å². The summed E-state index contributed by atoms with van der Waals surface area (Å²) < 4.78 is 14.1. The average Bonchev–Trinajstić information content (AvgIpc) is 3.58. The number of nitrogens with zero attached hydrogens (tertiary/aromatic N) is 2. The first-order chi connectivity index (χ1) is 25.2. The van der Waals surface area contributed by atoms with Crippen LogP contribution in [0, 0.1) is 0 Å². The molecule has 1 aromatic heterocycles. The molecule has 1 aliphatic heterocycles. The molecule has 5 aromatic carbocycles. The van der Waals surface area contributed by atoms with Crippen LogP contribution in [0.5, 0.6) is 23.0 Å². The molecule has 0 amide bonds. The van der Waals surface area contributed by atoms with Crippen molar-refractivity contribution in [1.82, 2.24) is 14.9 Å². The Kier molecular flexibility index (Phi) is 12.7. The van der Waals surface area contributed by atoms with Crippen LogP contribution in [0.25, 0.3) is 16.9 Å².